The van der Waals surface area contributed by atoms with Crippen LogP contribution in [0.3, 0.4) is 0 Å². The van der Waals surface area contributed by atoms with E-state index in [2.05, 4.69) is 16.5 Å². The van der Waals surface area contributed by atoms with Gasteiger partial charge in [-0.25, -0.2) is 13.8 Å². The first kappa shape index (κ1) is 30.6. The number of piperazine rings is 1. The van der Waals surface area contributed by atoms with Crippen LogP contribution >= 0.6 is 11.6 Å². The molecule has 1 amide bonds. The van der Waals surface area contributed by atoms with Gasteiger partial charge in [-0.3, -0.25) is 19.1 Å². The summed E-state index contributed by atoms with van der Waals surface area (Å²) >= 11 is 5.99. The second kappa shape index (κ2) is 11.7. The largest absolute Gasteiger partial charge is 0.507 e. The minimum atomic E-state index is -1.09. The highest BCUT2D eigenvalue weighted by Gasteiger charge is 2.33. The lowest BCUT2D eigenvalue weighted by atomic mass is 10.0. The normalized spacial score (nSPS) is 15.1. The van der Waals surface area contributed by atoms with E-state index in [1.807, 2.05) is 26.8 Å². The van der Waals surface area contributed by atoms with Crippen molar-refractivity contribution in [3.63, 3.8) is 0 Å². The SMILES string of the molecule is C=CC(=O)N1CCN(c2c(C#N)c(=O)n(-c3c(C)ccnc3C(C)C)c3nc(-c4c(O)ccc(Cl)c4F)c(F)cc23)[C@@H](C)C1. The molecule has 12 heteroatoms. The number of phenolic OH excluding ortho intramolecular Hbond substituents is 1. The quantitative estimate of drug-likeness (QED) is 0.289. The summed E-state index contributed by atoms with van der Waals surface area (Å²) in [6.45, 7) is 11.7. The van der Waals surface area contributed by atoms with Gasteiger partial charge in [0.15, 0.2) is 17.3 Å². The van der Waals surface area contributed by atoms with Crippen molar-refractivity contribution in [2.45, 2.75) is 39.7 Å². The second-order valence-corrected chi connectivity index (χ2v) is 11.4. The molecule has 9 nitrogen and oxygen atoms in total. The van der Waals surface area contributed by atoms with Gasteiger partial charge in [0.25, 0.3) is 5.56 Å². The van der Waals surface area contributed by atoms with Crippen LogP contribution in [0, 0.1) is 29.9 Å². The monoisotopic (exact) mass is 618 g/mol. The lowest BCUT2D eigenvalue weighted by Gasteiger charge is -2.41. The van der Waals surface area contributed by atoms with Crippen LogP contribution in [0.15, 0.2) is 47.9 Å². The van der Waals surface area contributed by atoms with Gasteiger partial charge in [-0.15, -0.1) is 0 Å². The Morgan fingerprint density at radius 1 is 1.25 bits per heavy atom. The number of hydrogen-bond acceptors (Lipinski definition) is 7. The topological polar surface area (TPSA) is 115 Å². The summed E-state index contributed by atoms with van der Waals surface area (Å²) in [7, 11) is 0. The number of anilines is 1. The third-order valence-electron chi connectivity index (χ3n) is 7.82. The molecule has 4 aromatic rings. The van der Waals surface area contributed by atoms with Crippen LogP contribution < -0.4 is 10.5 Å². The number of hydrogen-bond donors (Lipinski definition) is 1. The molecule has 1 fully saturated rings. The molecule has 0 aliphatic carbocycles. The lowest BCUT2D eigenvalue weighted by molar-refractivity contribution is -0.126. The number of benzene rings is 1. The van der Waals surface area contributed by atoms with Crippen LogP contribution in [-0.4, -0.2) is 56.1 Å². The average molecular weight is 619 g/mol. The predicted molar refractivity (Wildman–Crippen MR) is 164 cm³/mol. The molecule has 1 aromatic carbocycles. The Morgan fingerprint density at radius 3 is 2.61 bits per heavy atom. The van der Waals surface area contributed by atoms with Crippen LogP contribution in [0.1, 0.15) is 43.5 Å². The molecule has 4 heterocycles. The number of nitrogens with zero attached hydrogens (tertiary/aromatic N) is 6. The molecule has 5 rings (SSSR count). The molecule has 0 unspecified atom stereocenters. The fraction of sp³-hybridized carbons (Fsp3) is 0.281. The van der Waals surface area contributed by atoms with Crippen LogP contribution in [0.4, 0.5) is 14.5 Å². The number of halogens is 3. The Balaban J connectivity index is 1.93. The maximum absolute atomic E-state index is 16.1. The van der Waals surface area contributed by atoms with E-state index < -0.39 is 34.2 Å². The van der Waals surface area contributed by atoms with E-state index in [0.717, 1.165) is 18.2 Å². The minimum absolute atomic E-state index is 0.0750. The van der Waals surface area contributed by atoms with Crippen molar-refractivity contribution in [3.8, 4) is 28.8 Å². The van der Waals surface area contributed by atoms with Crippen LogP contribution in [-0.2, 0) is 4.79 Å². The van der Waals surface area contributed by atoms with Crippen LogP contribution in [0.2, 0.25) is 5.02 Å². The van der Waals surface area contributed by atoms with E-state index in [4.69, 9.17) is 11.6 Å². The number of pyridine rings is 3. The Hall–Kier alpha value is -4.82. The van der Waals surface area contributed by atoms with Crippen molar-refractivity contribution in [2.24, 2.45) is 0 Å². The Labute approximate surface area is 257 Å². The van der Waals surface area contributed by atoms with Gasteiger partial charge in [-0.05, 0) is 55.7 Å². The first-order valence-electron chi connectivity index (χ1n) is 13.9. The molecule has 1 saturated heterocycles. The zero-order valence-electron chi connectivity index (χ0n) is 24.5. The summed E-state index contributed by atoms with van der Waals surface area (Å²) < 4.78 is 32.5. The predicted octanol–water partition coefficient (Wildman–Crippen LogP) is 5.61. The molecule has 0 saturated carbocycles. The number of aryl methyl sites for hydroxylation is 1. The molecule has 1 aliphatic rings. The smallest absolute Gasteiger partial charge is 0.276 e. The third kappa shape index (κ3) is 4.95. The van der Waals surface area contributed by atoms with E-state index in [-0.39, 0.29) is 64.8 Å². The molecular formula is C32H29ClF2N6O3. The Kier molecular flexibility index (Phi) is 8.14. The maximum atomic E-state index is 16.1. The maximum Gasteiger partial charge on any atom is 0.276 e. The van der Waals surface area contributed by atoms with Gasteiger partial charge in [-0.2, -0.15) is 5.26 Å². The molecule has 0 spiro atoms. The highest BCUT2D eigenvalue weighted by molar-refractivity contribution is 6.31. The number of nitriles is 1. The van der Waals surface area contributed by atoms with Gasteiger partial charge in [0, 0.05) is 37.3 Å². The van der Waals surface area contributed by atoms with Gasteiger partial charge in [0.1, 0.15) is 23.1 Å². The van der Waals surface area contributed by atoms with Crippen molar-refractivity contribution < 1.29 is 18.7 Å². The number of fused-ring (bicyclic) bond motifs is 1. The summed E-state index contributed by atoms with van der Waals surface area (Å²) in [5, 5.41) is 20.7. The first-order valence-corrected chi connectivity index (χ1v) is 14.3. The van der Waals surface area contributed by atoms with Crippen LogP contribution in [0.25, 0.3) is 28.0 Å². The highest BCUT2D eigenvalue weighted by Crippen LogP contribution is 2.40. The van der Waals surface area contributed by atoms with Crippen molar-refractivity contribution in [2.75, 3.05) is 24.5 Å². The van der Waals surface area contributed by atoms with Crippen molar-refractivity contribution in [1.29, 1.82) is 5.26 Å². The van der Waals surface area contributed by atoms with E-state index in [9.17, 15) is 20.0 Å². The lowest BCUT2D eigenvalue weighted by Crippen LogP contribution is -2.54. The Morgan fingerprint density at radius 2 is 1.98 bits per heavy atom. The molecule has 3 aromatic heterocycles. The summed E-state index contributed by atoms with van der Waals surface area (Å²) in [6, 6.07) is 6.68. The third-order valence-corrected chi connectivity index (χ3v) is 8.12. The number of amides is 1. The molecule has 1 atom stereocenters. The molecule has 226 valence electrons. The highest BCUT2D eigenvalue weighted by atomic mass is 35.5. The molecular weight excluding hydrogens is 590 g/mol. The van der Waals surface area contributed by atoms with Crippen molar-refractivity contribution in [1.82, 2.24) is 19.4 Å². The average Bonchev–Trinajstić information content (AvgIpc) is 2.99. The first-order chi connectivity index (χ1) is 20.9. The molecule has 1 aliphatic heterocycles. The number of rotatable bonds is 5. The molecule has 44 heavy (non-hydrogen) atoms. The van der Waals surface area contributed by atoms with Crippen LogP contribution in [0.5, 0.6) is 5.75 Å². The number of aromatic nitrogens is 3. The molecule has 1 N–H and O–H groups in total. The van der Waals surface area contributed by atoms with Gasteiger partial charge in [0.2, 0.25) is 5.91 Å². The second-order valence-electron chi connectivity index (χ2n) is 11.0. The summed E-state index contributed by atoms with van der Waals surface area (Å²) in [5.74, 6) is -3.12. The van der Waals surface area contributed by atoms with E-state index in [1.54, 1.807) is 29.0 Å². The fourth-order valence-corrected chi connectivity index (χ4v) is 5.88. The van der Waals surface area contributed by atoms with Gasteiger partial charge < -0.3 is 14.9 Å². The van der Waals surface area contributed by atoms with Crippen molar-refractivity contribution in [3.05, 3.63) is 86.9 Å². The minimum Gasteiger partial charge on any atom is -0.507 e. The number of phenols is 1. The number of aromatic hydroxyl groups is 1. The Bertz CT molecular complexity index is 1950. The zero-order chi connectivity index (χ0) is 32.0. The van der Waals surface area contributed by atoms with Gasteiger partial charge in [-0.1, -0.05) is 32.0 Å². The molecule has 0 radical (unpaired) electrons. The molecule has 0 bridgehead atoms. The summed E-state index contributed by atoms with van der Waals surface area (Å²) in [5.41, 5.74) is -0.535. The number of carbonyl (C=O) groups excluding carboxylic acids is 1. The van der Waals surface area contributed by atoms with E-state index in [1.165, 1.54) is 10.6 Å². The fourth-order valence-electron chi connectivity index (χ4n) is 5.72. The van der Waals surface area contributed by atoms with Gasteiger partial charge in [0.05, 0.1) is 27.7 Å². The van der Waals surface area contributed by atoms with E-state index >= 15 is 8.78 Å². The standard InChI is InChI=1S/C32H29ClF2N6O3/c1-6-24(43)39-11-12-40(18(5)15-39)30-19-13-22(34)28(25-23(42)8-7-21(33)26(25)35)38-31(19)41(32(44)20(30)14-36)29-17(4)9-10-37-27(29)16(2)3/h6-10,13,16,18,42H,1,11-12,15H2,2-5H3/t18-/m0/s1. The van der Waals surface area contributed by atoms with Crippen molar-refractivity contribution >= 4 is 34.2 Å². The summed E-state index contributed by atoms with van der Waals surface area (Å²) in [6.07, 6.45) is 2.82. The van der Waals surface area contributed by atoms with E-state index in [0.29, 0.717) is 16.9 Å². The zero-order valence-corrected chi connectivity index (χ0v) is 25.3. The number of carbonyl (C=O) groups is 1. The summed E-state index contributed by atoms with van der Waals surface area (Å²) in [4.78, 5) is 39.1. The van der Waals surface area contributed by atoms with Gasteiger partial charge >= 0.3 is 0 Å².